The first-order chi connectivity index (χ1) is 8.58. The summed E-state index contributed by atoms with van der Waals surface area (Å²) in [6.45, 7) is 6.91. The summed E-state index contributed by atoms with van der Waals surface area (Å²) in [5, 5.41) is 0. The molecule has 1 aliphatic carbocycles. The van der Waals surface area contributed by atoms with Gasteiger partial charge in [-0.3, -0.25) is 0 Å². The molecule has 1 aliphatic rings. The molecule has 1 aromatic heterocycles. The van der Waals surface area contributed by atoms with Gasteiger partial charge in [0, 0.05) is 5.92 Å². The number of nitrogens with zero attached hydrogens (tertiary/aromatic N) is 1. The quantitative estimate of drug-likeness (QED) is 0.780. The molecular formula is C16H22N2. The number of benzene rings is 1. The van der Waals surface area contributed by atoms with Crippen molar-refractivity contribution in [2.75, 3.05) is 0 Å². The van der Waals surface area contributed by atoms with E-state index in [0.29, 0.717) is 11.3 Å². The largest absolute Gasteiger partial charge is 0.342 e. The molecule has 0 spiro atoms. The summed E-state index contributed by atoms with van der Waals surface area (Å²) >= 11 is 0. The van der Waals surface area contributed by atoms with Gasteiger partial charge in [-0.25, -0.2) is 4.98 Å². The number of hydrogen-bond donors (Lipinski definition) is 1. The molecule has 96 valence electrons. The molecule has 1 N–H and O–H groups in total. The van der Waals surface area contributed by atoms with Crippen LogP contribution >= 0.6 is 0 Å². The maximum Gasteiger partial charge on any atom is 0.110 e. The predicted octanol–water partition coefficient (Wildman–Crippen LogP) is 4.56. The van der Waals surface area contributed by atoms with E-state index in [1.54, 1.807) is 0 Å². The molecule has 3 rings (SSSR count). The van der Waals surface area contributed by atoms with Gasteiger partial charge in [0.2, 0.25) is 0 Å². The molecule has 1 heterocycles. The summed E-state index contributed by atoms with van der Waals surface area (Å²) < 4.78 is 0. The lowest BCUT2D eigenvalue weighted by atomic mass is 9.68. The Morgan fingerprint density at radius 1 is 1.28 bits per heavy atom. The molecule has 1 unspecified atom stereocenters. The van der Waals surface area contributed by atoms with Gasteiger partial charge in [-0.1, -0.05) is 38.8 Å². The van der Waals surface area contributed by atoms with E-state index in [1.165, 1.54) is 42.6 Å². The van der Waals surface area contributed by atoms with Crippen LogP contribution in [0, 0.1) is 12.3 Å². The topological polar surface area (TPSA) is 28.7 Å². The van der Waals surface area contributed by atoms with Crippen molar-refractivity contribution < 1.29 is 0 Å². The Balaban J connectivity index is 2.06. The Hall–Kier alpha value is -1.31. The van der Waals surface area contributed by atoms with Crippen molar-refractivity contribution >= 4 is 11.0 Å². The standard InChI is InChI=1S/C16H22N2/c1-11-7-6-9-13-14(11)18-15(17-13)12-8-4-5-10-16(12,2)3/h6-7,9,12H,4-5,8,10H2,1-3H3,(H,17,18). The van der Waals surface area contributed by atoms with Gasteiger partial charge in [0.05, 0.1) is 11.0 Å². The number of rotatable bonds is 1. The van der Waals surface area contributed by atoms with Crippen LogP contribution in [0.5, 0.6) is 0 Å². The van der Waals surface area contributed by atoms with Gasteiger partial charge in [0.15, 0.2) is 0 Å². The molecule has 1 atom stereocenters. The third kappa shape index (κ3) is 1.84. The van der Waals surface area contributed by atoms with E-state index in [2.05, 4.69) is 44.0 Å². The fourth-order valence-corrected chi connectivity index (χ4v) is 3.36. The summed E-state index contributed by atoms with van der Waals surface area (Å²) in [7, 11) is 0. The summed E-state index contributed by atoms with van der Waals surface area (Å²) in [4.78, 5) is 8.43. The number of nitrogens with one attached hydrogen (secondary N) is 1. The average Bonchev–Trinajstić information content (AvgIpc) is 2.73. The molecule has 18 heavy (non-hydrogen) atoms. The Bertz CT molecular complexity index is 565. The molecule has 2 nitrogen and oxygen atoms in total. The lowest BCUT2D eigenvalue weighted by Gasteiger charge is -2.37. The van der Waals surface area contributed by atoms with Crippen LogP contribution in [0.15, 0.2) is 18.2 Å². The highest BCUT2D eigenvalue weighted by Crippen LogP contribution is 2.46. The second-order valence-electron chi connectivity index (χ2n) is 6.38. The van der Waals surface area contributed by atoms with Crippen molar-refractivity contribution in [1.29, 1.82) is 0 Å². The number of hydrogen-bond acceptors (Lipinski definition) is 1. The number of imidazole rings is 1. The van der Waals surface area contributed by atoms with Crippen LogP contribution in [0.1, 0.15) is 56.8 Å². The molecule has 2 heteroatoms. The summed E-state index contributed by atoms with van der Waals surface area (Å²) in [6, 6.07) is 6.37. The highest BCUT2D eigenvalue weighted by molar-refractivity contribution is 5.78. The maximum absolute atomic E-state index is 4.88. The summed E-state index contributed by atoms with van der Waals surface area (Å²) in [5.41, 5.74) is 3.98. The van der Waals surface area contributed by atoms with Gasteiger partial charge in [-0.05, 0) is 36.8 Å². The zero-order valence-corrected chi connectivity index (χ0v) is 11.6. The van der Waals surface area contributed by atoms with Crippen molar-refractivity contribution in [3.8, 4) is 0 Å². The Kier molecular flexibility index (Phi) is 2.69. The van der Waals surface area contributed by atoms with E-state index in [9.17, 15) is 0 Å². The van der Waals surface area contributed by atoms with E-state index < -0.39 is 0 Å². The van der Waals surface area contributed by atoms with E-state index in [-0.39, 0.29) is 0 Å². The van der Waals surface area contributed by atoms with Crippen LogP contribution in [0.3, 0.4) is 0 Å². The summed E-state index contributed by atoms with van der Waals surface area (Å²) in [5.74, 6) is 1.78. The van der Waals surface area contributed by atoms with Crippen molar-refractivity contribution in [2.24, 2.45) is 5.41 Å². The van der Waals surface area contributed by atoms with Gasteiger partial charge in [0.1, 0.15) is 5.82 Å². The van der Waals surface area contributed by atoms with Gasteiger partial charge in [0.25, 0.3) is 0 Å². The lowest BCUT2D eigenvalue weighted by Crippen LogP contribution is -2.26. The molecule has 1 fully saturated rings. The first-order valence-electron chi connectivity index (χ1n) is 7.03. The van der Waals surface area contributed by atoms with E-state index in [1.807, 2.05) is 0 Å². The minimum atomic E-state index is 0.375. The summed E-state index contributed by atoms with van der Waals surface area (Å²) in [6.07, 6.45) is 5.28. The number of H-pyrrole nitrogens is 1. The van der Waals surface area contributed by atoms with Crippen LogP contribution < -0.4 is 0 Å². The van der Waals surface area contributed by atoms with Crippen LogP contribution in [0.2, 0.25) is 0 Å². The van der Waals surface area contributed by atoms with E-state index in [0.717, 1.165) is 5.52 Å². The Morgan fingerprint density at radius 2 is 2.11 bits per heavy atom. The average molecular weight is 242 g/mol. The van der Waals surface area contributed by atoms with Crippen molar-refractivity contribution in [2.45, 2.75) is 52.4 Å². The normalized spacial score (nSPS) is 23.4. The van der Waals surface area contributed by atoms with Crippen LogP contribution in [0.4, 0.5) is 0 Å². The Labute approximate surface area is 109 Å². The zero-order valence-electron chi connectivity index (χ0n) is 11.6. The second kappa shape index (κ2) is 4.11. The van der Waals surface area contributed by atoms with Crippen LogP contribution in [-0.4, -0.2) is 9.97 Å². The SMILES string of the molecule is Cc1cccc2[nH]c(C3CCCCC3(C)C)nc12. The first kappa shape index (κ1) is 11.8. The highest BCUT2D eigenvalue weighted by Gasteiger charge is 2.35. The number of fused-ring (bicyclic) bond motifs is 1. The Morgan fingerprint density at radius 3 is 2.83 bits per heavy atom. The fourth-order valence-electron chi connectivity index (χ4n) is 3.36. The van der Waals surface area contributed by atoms with Crippen LogP contribution in [0.25, 0.3) is 11.0 Å². The number of aromatic nitrogens is 2. The molecule has 0 saturated heterocycles. The van der Waals surface area contributed by atoms with Crippen molar-refractivity contribution in [3.63, 3.8) is 0 Å². The second-order valence-corrected chi connectivity index (χ2v) is 6.38. The number of aryl methyl sites for hydroxylation is 1. The van der Waals surface area contributed by atoms with Gasteiger partial charge >= 0.3 is 0 Å². The molecule has 1 saturated carbocycles. The predicted molar refractivity (Wildman–Crippen MR) is 75.8 cm³/mol. The molecule has 0 bridgehead atoms. The van der Waals surface area contributed by atoms with E-state index >= 15 is 0 Å². The molecule has 0 radical (unpaired) electrons. The van der Waals surface area contributed by atoms with Crippen LogP contribution in [-0.2, 0) is 0 Å². The zero-order chi connectivity index (χ0) is 12.8. The third-order valence-electron chi connectivity index (χ3n) is 4.57. The fraction of sp³-hybridized carbons (Fsp3) is 0.562. The molecular weight excluding hydrogens is 220 g/mol. The van der Waals surface area contributed by atoms with E-state index in [4.69, 9.17) is 4.98 Å². The number of para-hydroxylation sites is 1. The minimum absolute atomic E-state index is 0.375. The molecule has 0 amide bonds. The molecule has 0 aliphatic heterocycles. The minimum Gasteiger partial charge on any atom is -0.342 e. The lowest BCUT2D eigenvalue weighted by molar-refractivity contribution is 0.193. The first-order valence-corrected chi connectivity index (χ1v) is 7.03. The van der Waals surface area contributed by atoms with Gasteiger partial charge in [-0.2, -0.15) is 0 Å². The smallest absolute Gasteiger partial charge is 0.110 e. The highest BCUT2D eigenvalue weighted by atomic mass is 14.9. The third-order valence-corrected chi connectivity index (χ3v) is 4.57. The molecule has 1 aromatic carbocycles. The maximum atomic E-state index is 4.88. The van der Waals surface area contributed by atoms with Crippen molar-refractivity contribution in [1.82, 2.24) is 9.97 Å². The number of aromatic amines is 1. The van der Waals surface area contributed by atoms with Gasteiger partial charge < -0.3 is 4.98 Å². The molecule has 2 aromatic rings. The van der Waals surface area contributed by atoms with Crippen molar-refractivity contribution in [3.05, 3.63) is 29.6 Å². The monoisotopic (exact) mass is 242 g/mol. The van der Waals surface area contributed by atoms with Gasteiger partial charge in [-0.15, -0.1) is 0 Å².